The van der Waals surface area contributed by atoms with E-state index < -0.39 is 5.91 Å². The summed E-state index contributed by atoms with van der Waals surface area (Å²) >= 11 is 7.57. The van der Waals surface area contributed by atoms with Crippen molar-refractivity contribution < 1.29 is 14.3 Å². The number of unbranched alkanes of at least 4 members (excludes halogenated alkanes) is 1. The van der Waals surface area contributed by atoms with Gasteiger partial charge in [0.2, 0.25) is 0 Å². The Balaban J connectivity index is 1.46. The molecule has 156 valence electrons. The summed E-state index contributed by atoms with van der Waals surface area (Å²) in [5.41, 5.74) is 3.21. The summed E-state index contributed by atoms with van der Waals surface area (Å²) < 4.78 is 6.52. The molecule has 3 rings (SSSR count). The highest BCUT2D eigenvalue weighted by Gasteiger charge is 2.17. The summed E-state index contributed by atoms with van der Waals surface area (Å²) in [6.07, 6.45) is 3.63. The van der Waals surface area contributed by atoms with Crippen molar-refractivity contribution in [3.8, 4) is 5.75 Å². The molecule has 6 nitrogen and oxygen atoms in total. The van der Waals surface area contributed by atoms with Crippen molar-refractivity contribution >= 4 is 51.1 Å². The molecule has 0 aliphatic heterocycles. The normalized spacial score (nSPS) is 11.0. The molecule has 2 N–H and O–H groups in total. The fourth-order valence-corrected chi connectivity index (χ4v) is 4.04. The van der Waals surface area contributed by atoms with Gasteiger partial charge in [0.25, 0.3) is 11.8 Å². The molecule has 1 aromatic heterocycles. The fourth-order valence-electron chi connectivity index (χ4n) is 2.60. The quantitative estimate of drug-likeness (QED) is 0.288. The van der Waals surface area contributed by atoms with Crippen LogP contribution in [0.3, 0.4) is 0 Å². The molecule has 1 heterocycles. The van der Waals surface area contributed by atoms with Gasteiger partial charge in [-0.3, -0.25) is 9.59 Å². The molecule has 8 heteroatoms. The third-order valence-electron chi connectivity index (χ3n) is 4.20. The van der Waals surface area contributed by atoms with Crippen LogP contribution in [0.4, 0.5) is 0 Å². The fraction of sp³-hybridized carbons (Fsp3) is 0.227. The Morgan fingerprint density at radius 1 is 1.17 bits per heavy atom. The third-order valence-corrected chi connectivity index (χ3v) is 5.87. The average Bonchev–Trinajstić information content (AvgIpc) is 3.10. The molecule has 0 atom stereocenters. The Bertz CT molecular complexity index is 1050. The highest BCUT2D eigenvalue weighted by atomic mass is 35.5. The monoisotopic (exact) mass is 443 g/mol. The van der Waals surface area contributed by atoms with Gasteiger partial charge in [0.1, 0.15) is 10.6 Å². The van der Waals surface area contributed by atoms with Crippen LogP contribution in [0.25, 0.3) is 10.1 Å². The lowest BCUT2D eigenvalue weighted by atomic mass is 10.2. The average molecular weight is 444 g/mol. The number of thiophene rings is 1. The van der Waals surface area contributed by atoms with Crippen LogP contribution in [0.15, 0.2) is 53.6 Å². The van der Waals surface area contributed by atoms with Gasteiger partial charge >= 0.3 is 0 Å². The van der Waals surface area contributed by atoms with Gasteiger partial charge in [-0.25, -0.2) is 5.43 Å². The summed E-state index contributed by atoms with van der Waals surface area (Å²) in [6.45, 7) is 2.60. The van der Waals surface area contributed by atoms with Crippen LogP contribution in [0.1, 0.15) is 35.0 Å². The zero-order valence-electron chi connectivity index (χ0n) is 16.5. The van der Waals surface area contributed by atoms with E-state index in [1.165, 1.54) is 17.6 Å². The van der Waals surface area contributed by atoms with Crippen molar-refractivity contribution in [1.82, 2.24) is 10.7 Å². The van der Waals surface area contributed by atoms with Crippen LogP contribution in [0.5, 0.6) is 5.75 Å². The van der Waals surface area contributed by atoms with E-state index >= 15 is 0 Å². The second-order valence-corrected chi connectivity index (χ2v) is 7.92. The van der Waals surface area contributed by atoms with Crippen LogP contribution >= 0.6 is 22.9 Å². The second-order valence-electron chi connectivity index (χ2n) is 6.49. The molecule has 2 aromatic carbocycles. The van der Waals surface area contributed by atoms with Gasteiger partial charge < -0.3 is 10.1 Å². The lowest BCUT2D eigenvalue weighted by molar-refractivity contribution is -0.120. The van der Waals surface area contributed by atoms with E-state index in [1.807, 2.05) is 48.5 Å². The Hall–Kier alpha value is -2.90. The number of nitrogens with one attached hydrogen (secondary N) is 2. The van der Waals surface area contributed by atoms with Gasteiger partial charge in [-0.05, 0) is 42.3 Å². The number of benzene rings is 2. The number of fused-ring (bicyclic) bond motifs is 1. The number of ether oxygens (including phenoxy) is 1. The molecule has 2 amide bonds. The Morgan fingerprint density at radius 2 is 1.93 bits per heavy atom. The molecule has 0 fully saturated rings. The lowest BCUT2D eigenvalue weighted by Gasteiger charge is -2.05. The number of hydrazone groups is 1. The van der Waals surface area contributed by atoms with Crippen LogP contribution in [0, 0.1) is 0 Å². The first-order valence-electron chi connectivity index (χ1n) is 9.58. The number of hydrogen-bond acceptors (Lipinski definition) is 5. The number of nitrogens with zero attached hydrogens (tertiary/aromatic N) is 1. The number of rotatable bonds is 9. The minimum atomic E-state index is -0.434. The molecule has 0 aliphatic rings. The van der Waals surface area contributed by atoms with Crippen LogP contribution < -0.4 is 15.5 Å². The van der Waals surface area contributed by atoms with E-state index in [4.69, 9.17) is 16.3 Å². The molecule has 3 aromatic rings. The topological polar surface area (TPSA) is 79.8 Å². The maximum Gasteiger partial charge on any atom is 0.263 e. The summed E-state index contributed by atoms with van der Waals surface area (Å²) in [5.74, 6) is -0.0254. The van der Waals surface area contributed by atoms with Crippen molar-refractivity contribution in [3.05, 3.63) is 64.0 Å². The zero-order valence-corrected chi connectivity index (χ0v) is 18.1. The van der Waals surface area contributed by atoms with E-state index in [2.05, 4.69) is 22.8 Å². The Labute approximate surface area is 183 Å². The molecule has 0 saturated heterocycles. The van der Waals surface area contributed by atoms with E-state index in [0.29, 0.717) is 16.5 Å². The highest BCUT2D eigenvalue weighted by Crippen LogP contribution is 2.34. The maximum absolute atomic E-state index is 12.3. The van der Waals surface area contributed by atoms with Gasteiger partial charge in [0.15, 0.2) is 0 Å². The van der Waals surface area contributed by atoms with E-state index in [9.17, 15) is 9.59 Å². The predicted octanol–water partition coefficient (Wildman–Crippen LogP) is 4.61. The van der Waals surface area contributed by atoms with E-state index in [-0.39, 0.29) is 12.5 Å². The molecule has 0 aliphatic carbocycles. The first-order chi connectivity index (χ1) is 14.6. The molecule has 0 bridgehead atoms. The number of halogens is 1. The van der Waals surface area contributed by atoms with E-state index in [1.54, 1.807) is 0 Å². The molecule has 0 spiro atoms. The van der Waals surface area contributed by atoms with Gasteiger partial charge in [0.05, 0.1) is 24.4 Å². The lowest BCUT2D eigenvalue weighted by Crippen LogP contribution is -2.34. The number of carbonyl (C=O) groups excluding carboxylic acids is 2. The highest BCUT2D eigenvalue weighted by molar-refractivity contribution is 7.21. The smallest absolute Gasteiger partial charge is 0.263 e. The Kier molecular flexibility index (Phi) is 7.82. The first-order valence-corrected chi connectivity index (χ1v) is 10.8. The van der Waals surface area contributed by atoms with Crippen molar-refractivity contribution in [2.24, 2.45) is 5.10 Å². The van der Waals surface area contributed by atoms with Gasteiger partial charge in [-0.1, -0.05) is 43.1 Å². The van der Waals surface area contributed by atoms with Crippen molar-refractivity contribution in [2.45, 2.75) is 19.8 Å². The second kappa shape index (κ2) is 10.8. The van der Waals surface area contributed by atoms with Crippen LogP contribution in [-0.2, 0) is 4.79 Å². The zero-order chi connectivity index (χ0) is 21.3. The van der Waals surface area contributed by atoms with Crippen LogP contribution in [-0.4, -0.2) is 31.2 Å². The number of amides is 2. The SMILES string of the molecule is CCCCOc1ccc(/C=N\NC(=O)CNC(=O)c2sc3ccccc3c2Cl)cc1. The molecule has 0 saturated carbocycles. The molecule has 0 unspecified atom stereocenters. The molecular formula is C22H22ClN3O3S. The van der Waals surface area contributed by atoms with Gasteiger partial charge in [-0.2, -0.15) is 5.10 Å². The van der Waals surface area contributed by atoms with Crippen LogP contribution in [0.2, 0.25) is 5.02 Å². The summed E-state index contributed by atoms with van der Waals surface area (Å²) in [6, 6.07) is 14.9. The van der Waals surface area contributed by atoms with Crippen molar-refractivity contribution in [2.75, 3.05) is 13.2 Å². The summed E-state index contributed by atoms with van der Waals surface area (Å²) in [7, 11) is 0. The standard InChI is InChI=1S/C22H22ClN3O3S/c1-2-3-12-29-16-10-8-15(9-11-16)13-25-26-19(27)14-24-22(28)21-20(23)17-6-4-5-7-18(17)30-21/h4-11,13H,2-3,12,14H2,1H3,(H,24,28)(H,26,27)/b25-13-. The number of carbonyl (C=O) groups is 2. The van der Waals surface area contributed by atoms with E-state index in [0.717, 1.165) is 34.2 Å². The molecule has 0 radical (unpaired) electrons. The first kappa shape index (κ1) is 21.8. The Morgan fingerprint density at radius 3 is 2.67 bits per heavy atom. The van der Waals surface area contributed by atoms with Gasteiger partial charge in [0, 0.05) is 10.1 Å². The molecule has 30 heavy (non-hydrogen) atoms. The van der Waals surface area contributed by atoms with Gasteiger partial charge in [-0.15, -0.1) is 11.3 Å². The number of hydrogen-bond donors (Lipinski definition) is 2. The van der Waals surface area contributed by atoms with Crippen molar-refractivity contribution in [1.29, 1.82) is 0 Å². The molecular weight excluding hydrogens is 422 g/mol. The minimum Gasteiger partial charge on any atom is -0.494 e. The summed E-state index contributed by atoms with van der Waals surface area (Å²) in [5, 5.41) is 7.70. The van der Waals surface area contributed by atoms with Crippen molar-refractivity contribution in [3.63, 3.8) is 0 Å². The maximum atomic E-state index is 12.3. The largest absolute Gasteiger partial charge is 0.494 e. The minimum absolute atomic E-state index is 0.203. The predicted molar refractivity (Wildman–Crippen MR) is 122 cm³/mol. The summed E-state index contributed by atoms with van der Waals surface area (Å²) in [4.78, 5) is 24.7. The third kappa shape index (κ3) is 5.81.